The maximum atomic E-state index is 11.3. The highest BCUT2D eigenvalue weighted by atomic mass is 16.5. The van der Waals surface area contributed by atoms with E-state index in [1.807, 2.05) is 6.92 Å². The highest BCUT2D eigenvalue weighted by Gasteiger charge is 2.05. The third-order valence-corrected chi connectivity index (χ3v) is 1.65. The van der Waals surface area contributed by atoms with Gasteiger partial charge in [-0.15, -0.1) is 0 Å². The molecule has 0 saturated carbocycles. The van der Waals surface area contributed by atoms with Gasteiger partial charge in [-0.05, 0) is 6.42 Å². The molecule has 2 amide bonds. The van der Waals surface area contributed by atoms with E-state index < -0.39 is 5.97 Å². The minimum Gasteiger partial charge on any atom is -0.480 e. The minimum atomic E-state index is -1.01. The van der Waals surface area contributed by atoms with Gasteiger partial charge in [0.05, 0.1) is 6.61 Å². The van der Waals surface area contributed by atoms with Gasteiger partial charge in [0.2, 0.25) is 0 Å². The number of nitrogens with one attached hydrogen (secondary N) is 1. The first-order chi connectivity index (χ1) is 7.07. The van der Waals surface area contributed by atoms with Crippen molar-refractivity contribution in [2.75, 3.05) is 33.4 Å². The second kappa shape index (κ2) is 8.05. The van der Waals surface area contributed by atoms with Crippen LogP contribution in [-0.2, 0) is 9.53 Å². The maximum absolute atomic E-state index is 11.3. The Bertz CT molecular complexity index is 208. The molecule has 0 aromatic heterocycles. The first-order valence-corrected chi connectivity index (χ1v) is 4.86. The van der Waals surface area contributed by atoms with Gasteiger partial charge < -0.3 is 20.1 Å². The van der Waals surface area contributed by atoms with Crippen molar-refractivity contribution in [1.82, 2.24) is 10.2 Å². The van der Waals surface area contributed by atoms with E-state index in [-0.39, 0.29) is 19.2 Å². The summed E-state index contributed by atoms with van der Waals surface area (Å²) in [7, 11) is 1.71. The lowest BCUT2D eigenvalue weighted by Crippen LogP contribution is -2.39. The van der Waals surface area contributed by atoms with Crippen molar-refractivity contribution in [3.05, 3.63) is 0 Å². The van der Waals surface area contributed by atoms with Crippen molar-refractivity contribution in [2.24, 2.45) is 0 Å². The number of amides is 2. The van der Waals surface area contributed by atoms with E-state index in [2.05, 4.69) is 5.32 Å². The van der Waals surface area contributed by atoms with E-state index in [0.29, 0.717) is 13.1 Å². The third-order valence-electron chi connectivity index (χ3n) is 1.65. The van der Waals surface area contributed by atoms with Gasteiger partial charge in [-0.1, -0.05) is 6.92 Å². The van der Waals surface area contributed by atoms with Gasteiger partial charge in [0, 0.05) is 20.1 Å². The number of urea groups is 1. The molecule has 0 fully saturated rings. The minimum absolute atomic E-state index is 0.171. The van der Waals surface area contributed by atoms with Crippen LogP contribution in [0.1, 0.15) is 13.3 Å². The Labute approximate surface area is 89.2 Å². The van der Waals surface area contributed by atoms with Crippen LogP contribution in [0.2, 0.25) is 0 Å². The molecule has 0 aromatic rings. The van der Waals surface area contributed by atoms with Crippen LogP contribution in [0.4, 0.5) is 4.79 Å². The number of aliphatic carboxylic acids is 1. The van der Waals surface area contributed by atoms with Gasteiger partial charge in [0.25, 0.3) is 0 Å². The Morgan fingerprint density at radius 1 is 1.47 bits per heavy atom. The Kier molecular flexibility index (Phi) is 7.35. The first-order valence-electron chi connectivity index (χ1n) is 4.86. The van der Waals surface area contributed by atoms with Crippen molar-refractivity contribution in [3.63, 3.8) is 0 Å². The lowest BCUT2D eigenvalue weighted by Gasteiger charge is -2.16. The second-order valence-electron chi connectivity index (χ2n) is 3.10. The summed E-state index contributed by atoms with van der Waals surface area (Å²) < 4.78 is 4.75. The van der Waals surface area contributed by atoms with Crippen LogP contribution in [0, 0.1) is 0 Å². The van der Waals surface area contributed by atoms with Crippen LogP contribution >= 0.6 is 0 Å². The Hall–Kier alpha value is -1.30. The summed E-state index contributed by atoms with van der Waals surface area (Å²) in [6.07, 6.45) is 0.902. The highest BCUT2D eigenvalue weighted by molar-refractivity contribution is 5.73. The zero-order valence-corrected chi connectivity index (χ0v) is 9.15. The topological polar surface area (TPSA) is 78.9 Å². The van der Waals surface area contributed by atoms with E-state index >= 15 is 0 Å². The predicted octanol–water partition coefficient (Wildman–Crippen LogP) is 0.139. The number of nitrogens with zero attached hydrogens (tertiary/aromatic N) is 1. The monoisotopic (exact) mass is 218 g/mol. The van der Waals surface area contributed by atoms with Crippen LogP contribution in [0.15, 0.2) is 0 Å². The maximum Gasteiger partial charge on any atom is 0.329 e. The van der Waals surface area contributed by atoms with Crippen LogP contribution in [0.3, 0.4) is 0 Å². The quantitative estimate of drug-likeness (QED) is 0.596. The number of carbonyl (C=O) groups excluding carboxylic acids is 1. The summed E-state index contributed by atoms with van der Waals surface area (Å²) >= 11 is 0. The Balaban J connectivity index is 3.42. The number of hydrogen-bond acceptors (Lipinski definition) is 3. The summed E-state index contributed by atoms with van der Waals surface area (Å²) in [6.45, 7) is 2.88. The van der Waals surface area contributed by atoms with E-state index in [9.17, 15) is 9.59 Å². The van der Waals surface area contributed by atoms with E-state index in [4.69, 9.17) is 9.84 Å². The molecule has 0 aromatic carbocycles. The lowest BCUT2D eigenvalue weighted by molar-refractivity contribution is -0.142. The molecule has 0 radical (unpaired) electrons. The van der Waals surface area contributed by atoms with Gasteiger partial charge in [-0.2, -0.15) is 0 Å². The van der Waals surface area contributed by atoms with E-state index in [0.717, 1.165) is 6.42 Å². The van der Waals surface area contributed by atoms with Crippen molar-refractivity contribution in [3.8, 4) is 0 Å². The van der Waals surface area contributed by atoms with Crippen molar-refractivity contribution >= 4 is 12.0 Å². The number of rotatable bonds is 7. The summed E-state index contributed by atoms with van der Waals surface area (Å²) in [5.74, 6) is -1.01. The number of carboxylic acid groups (broad SMARTS) is 1. The van der Waals surface area contributed by atoms with Crippen molar-refractivity contribution in [2.45, 2.75) is 13.3 Å². The van der Waals surface area contributed by atoms with Gasteiger partial charge in [-0.3, -0.25) is 0 Å². The van der Waals surface area contributed by atoms with Gasteiger partial charge in [0.15, 0.2) is 0 Å². The summed E-state index contributed by atoms with van der Waals surface area (Å²) in [6, 6.07) is -0.171. The molecule has 0 atom stereocenters. The molecule has 88 valence electrons. The molecule has 0 aliphatic rings. The summed E-state index contributed by atoms with van der Waals surface area (Å²) in [4.78, 5) is 22.9. The van der Waals surface area contributed by atoms with Crippen molar-refractivity contribution in [1.29, 1.82) is 0 Å². The number of carbonyl (C=O) groups is 2. The average Bonchev–Trinajstić information content (AvgIpc) is 2.16. The summed E-state index contributed by atoms with van der Waals surface area (Å²) in [5.41, 5.74) is 0. The molecular formula is C9H18N2O4. The second-order valence-corrected chi connectivity index (χ2v) is 3.10. The third kappa shape index (κ3) is 7.75. The van der Waals surface area contributed by atoms with Crippen LogP contribution < -0.4 is 5.32 Å². The fraction of sp³-hybridized carbons (Fsp3) is 0.778. The molecule has 6 heteroatoms. The molecule has 6 nitrogen and oxygen atoms in total. The molecule has 15 heavy (non-hydrogen) atoms. The zero-order valence-electron chi connectivity index (χ0n) is 9.15. The predicted molar refractivity (Wildman–Crippen MR) is 54.8 cm³/mol. The molecule has 0 heterocycles. The molecule has 0 aliphatic heterocycles. The molecule has 0 bridgehead atoms. The highest BCUT2D eigenvalue weighted by Crippen LogP contribution is 1.86. The molecule has 0 aliphatic carbocycles. The number of ether oxygens (including phenoxy) is 1. The fourth-order valence-electron chi connectivity index (χ4n) is 0.962. The SMILES string of the molecule is CCCN(C)C(=O)NCCOCC(=O)O. The van der Waals surface area contributed by atoms with Crippen molar-refractivity contribution < 1.29 is 19.4 Å². The zero-order chi connectivity index (χ0) is 11.7. The molecule has 0 unspecified atom stereocenters. The van der Waals surface area contributed by atoms with Crippen LogP contribution in [-0.4, -0.2) is 55.4 Å². The van der Waals surface area contributed by atoms with Crippen LogP contribution in [0.5, 0.6) is 0 Å². The molecule has 2 N–H and O–H groups in total. The van der Waals surface area contributed by atoms with E-state index in [1.54, 1.807) is 11.9 Å². The standard InChI is InChI=1S/C9H18N2O4/c1-3-5-11(2)9(14)10-4-6-15-7-8(12)13/h3-7H2,1-2H3,(H,10,14)(H,12,13). The van der Waals surface area contributed by atoms with Gasteiger partial charge in [0.1, 0.15) is 6.61 Å². The molecule has 0 saturated heterocycles. The van der Waals surface area contributed by atoms with E-state index in [1.165, 1.54) is 0 Å². The molecule has 0 spiro atoms. The largest absolute Gasteiger partial charge is 0.480 e. The van der Waals surface area contributed by atoms with Gasteiger partial charge >= 0.3 is 12.0 Å². The number of carboxylic acids is 1. The smallest absolute Gasteiger partial charge is 0.329 e. The lowest BCUT2D eigenvalue weighted by atomic mass is 10.4. The Morgan fingerprint density at radius 2 is 2.13 bits per heavy atom. The van der Waals surface area contributed by atoms with Crippen LogP contribution in [0.25, 0.3) is 0 Å². The number of hydrogen-bond donors (Lipinski definition) is 2. The average molecular weight is 218 g/mol. The summed E-state index contributed by atoms with van der Waals surface area (Å²) in [5, 5.41) is 10.9. The molecular weight excluding hydrogens is 200 g/mol. The first kappa shape index (κ1) is 13.7. The fourth-order valence-corrected chi connectivity index (χ4v) is 0.962. The van der Waals surface area contributed by atoms with Gasteiger partial charge in [-0.25, -0.2) is 9.59 Å². The molecule has 0 rings (SSSR count). The normalized spacial score (nSPS) is 9.73. The Morgan fingerprint density at radius 3 is 2.67 bits per heavy atom.